The fourth-order valence-corrected chi connectivity index (χ4v) is 5.35. The highest BCUT2D eigenvalue weighted by molar-refractivity contribution is 9.11. The molecule has 3 heterocycles. The van der Waals surface area contributed by atoms with Crippen LogP contribution in [0.25, 0.3) is 5.69 Å². The van der Waals surface area contributed by atoms with Crippen LogP contribution in [0.3, 0.4) is 0 Å². The van der Waals surface area contributed by atoms with Crippen molar-refractivity contribution in [3.63, 3.8) is 0 Å². The molecule has 2 N–H and O–H groups in total. The molecule has 4 aromatic rings. The number of anilines is 2. The second-order valence-electron chi connectivity index (χ2n) is 8.89. The number of para-hydroxylation sites is 1. The lowest BCUT2D eigenvalue weighted by Gasteiger charge is -2.33. The molecular formula is C25H21Br2F3N6O2. The molecule has 0 spiro atoms. The highest BCUT2D eigenvalue weighted by Gasteiger charge is 2.47. The Morgan fingerprint density at radius 1 is 1.11 bits per heavy atom. The molecule has 0 unspecified atom stereocenters. The van der Waals surface area contributed by atoms with E-state index in [-0.39, 0.29) is 28.1 Å². The summed E-state index contributed by atoms with van der Waals surface area (Å²) in [5.74, 6) is -0.782. The largest absolute Gasteiger partial charge is 0.410 e. The van der Waals surface area contributed by atoms with E-state index >= 15 is 0 Å². The third kappa shape index (κ3) is 4.57. The Morgan fingerprint density at radius 3 is 2.39 bits per heavy atom. The van der Waals surface area contributed by atoms with E-state index in [1.54, 1.807) is 67.2 Å². The zero-order chi connectivity index (χ0) is 27.4. The number of aromatic nitrogens is 4. The molecule has 0 aliphatic carbocycles. The number of rotatable bonds is 4. The maximum Gasteiger partial charge on any atom is 0.410 e. The van der Waals surface area contributed by atoms with Crippen molar-refractivity contribution in [2.24, 2.45) is 7.05 Å². The van der Waals surface area contributed by atoms with Crippen LogP contribution in [0.15, 0.2) is 68.3 Å². The van der Waals surface area contributed by atoms with Crippen LogP contribution in [0, 0.1) is 6.92 Å². The predicted octanol–water partition coefficient (Wildman–Crippen LogP) is 6.12. The molecule has 0 saturated heterocycles. The maximum atomic E-state index is 14.1. The molecule has 1 aliphatic heterocycles. The van der Waals surface area contributed by atoms with Crippen LogP contribution in [0.1, 0.15) is 40.3 Å². The van der Waals surface area contributed by atoms with Crippen LogP contribution in [0.4, 0.5) is 24.7 Å². The summed E-state index contributed by atoms with van der Waals surface area (Å²) in [7, 11) is 1.67. The van der Waals surface area contributed by atoms with Crippen LogP contribution in [0.5, 0.6) is 0 Å². The number of amides is 1. The number of hydrogen-bond donors (Lipinski definition) is 2. The number of hydrogen-bond acceptors (Lipinski definition) is 4. The average molecular weight is 654 g/mol. The molecule has 5 rings (SSSR count). The van der Waals surface area contributed by atoms with Gasteiger partial charge < -0.3 is 10.6 Å². The van der Waals surface area contributed by atoms with Gasteiger partial charge in [0.1, 0.15) is 11.5 Å². The van der Waals surface area contributed by atoms with E-state index in [9.17, 15) is 22.8 Å². The van der Waals surface area contributed by atoms with Crippen molar-refractivity contribution < 1.29 is 18.0 Å². The Bertz CT molecular complexity index is 1580. The zero-order valence-corrected chi connectivity index (χ0v) is 23.2. The molecule has 13 heteroatoms. The van der Waals surface area contributed by atoms with Crippen molar-refractivity contribution in [1.29, 1.82) is 0 Å². The van der Waals surface area contributed by atoms with Crippen molar-refractivity contribution in [2.75, 3.05) is 10.6 Å². The Kier molecular flexibility index (Phi) is 6.76. The number of benzene rings is 2. The Morgan fingerprint density at radius 2 is 1.76 bits per heavy atom. The van der Waals surface area contributed by atoms with Crippen LogP contribution < -0.4 is 16.2 Å². The van der Waals surface area contributed by atoms with E-state index in [0.29, 0.717) is 16.9 Å². The summed E-state index contributed by atoms with van der Waals surface area (Å²) in [4.78, 5) is 26.5. The second kappa shape index (κ2) is 9.77. The Hall–Kier alpha value is -3.32. The van der Waals surface area contributed by atoms with Crippen LogP contribution >= 0.6 is 31.9 Å². The van der Waals surface area contributed by atoms with Gasteiger partial charge in [0, 0.05) is 17.9 Å². The van der Waals surface area contributed by atoms with Crippen molar-refractivity contribution >= 4 is 49.3 Å². The molecule has 8 nitrogen and oxygen atoms in total. The summed E-state index contributed by atoms with van der Waals surface area (Å²) in [6.07, 6.45) is -4.92. The molecule has 0 saturated carbocycles. The molecular weight excluding hydrogens is 633 g/mol. The van der Waals surface area contributed by atoms with Gasteiger partial charge in [0.2, 0.25) is 0 Å². The van der Waals surface area contributed by atoms with E-state index in [2.05, 4.69) is 47.6 Å². The summed E-state index contributed by atoms with van der Waals surface area (Å²) < 4.78 is 47.0. The normalized spacial score (nSPS) is 17.1. The first-order chi connectivity index (χ1) is 18.0. The van der Waals surface area contributed by atoms with Gasteiger partial charge in [0.25, 0.3) is 11.5 Å². The average Bonchev–Trinajstić information content (AvgIpc) is 3.32. The number of carbonyl (C=O) groups excluding carboxylic acids is 1. The third-order valence-electron chi connectivity index (χ3n) is 6.58. The summed E-state index contributed by atoms with van der Waals surface area (Å²) in [6, 6.07) is 13.2. The minimum atomic E-state index is -4.61. The van der Waals surface area contributed by atoms with E-state index in [1.807, 2.05) is 6.07 Å². The fourth-order valence-electron chi connectivity index (χ4n) is 4.53. The van der Waals surface area contributed by atoms with E-state index in [0.717, 1.165) is 9.15 Å². The lowest BCUT2D eigenvalue weighted by Crippen LogP contribution is -2.35. The first-order valence-corrected chi connectivity index (χ1v) is 13.1. The SMILES string of the molecule is Cc1c(NC(=O)c2nn3c(c2Br)N[C@H](c2ccc(Br)cc2)C[C@@H]3C(F)(F)F)c(=O)n(-c2ccccc2)n1C. The summed E-state index contributed by atoms with van der Waals surface area (Å²) in [6.45, 7) is 1.66. The topological polar surface area (TPSA) is 85.9 Å². The zero-order valence-electron chi connectivity index (χ0n) is 20.1. The van der Waals surface area contributed by atoms with Crippen molar-refractivity contribution in [2.45, 2.75) is 31.6 Å². The van der Waals surface area contributed by atoms with Crippen molar-refractivity contribution in [1.82, 2.24) is 19.1 Å². The van der Waals surface area contributed by atoms with Gasteiger partial charge in [0.05, 0.1) is 21.9 Å². The van der Waals surface area contributed by atoms with Crippen LogP contribution in [0.2, 0.25) is 0 Å². The molecule has 2 aromatic heterocycles. The molecule has 38 heavy (non-hydrogen) atoms. The molecule has 1 amide bonds. The van der Waals surface area contributed by atoms with E-state index in [4.69, 9.17) is 0 Å². The molecule has 0 radical (unpaired) electrons. The number of alkyl halides is 3. The third-order valence-corrected chi connectivity index (χ3v) is 7.86. The molecule has 0 bridgehead atoms. The van der Waals surface area contributed by atoms with Crippen molar-refractivity contribution in [3.8, 4) is 5.69 Å². The van der Waals surface area contributed by atoms with Gasteiger partial charge in [-0.05, 0) is 52.7 Å². The van der Waals surface area contributed by atoms with Crippen LogP contribution in [-0.4, -0.2) is 31.2 Å². The first-order valence-electron chi connectivity index (χ1n) is 11.5. The molecule has 0 fully saturated rings. The quantitative estimate of drug-likeness (QED) is 0.278. The van der Waals surface area contributed by atoms with Gasteiger partial charge in [-0.15, -0.1) is 0 Å². The Balaban J connectivity index is 1.51. The lowest BCUT2D eigenvalue weighted by atomic mass is 9.97. The Labute approximate surface area is 231 Å². The smallest absolute Gasteiger partial charge is 0.362 e. The monoisotopic (exact) mass is 652 g/mol. The van der Waals surface area contributed by atoms with Gasteiger partial charge in [-0.1, -0.05) is 46.3 Å². The standard InChI is InChI=1S/C25H21Br2F3N6O2/c1-13-20(24(38)36(34(13)2)16-6-4-3-5-7-16)32-23(37)21-19(27)22-31-17(14-8-10-15(26)11-9-14)12-18(25(28,29)30)35(22)33-21/h3-11,17-18,31H,12H2,1-2H3,(H,32,37)/t17-,18+/m0/s1. The number of halogens is 5. The second-order valence-corrected chi connectivity index (χ2v) is 10.6. The fraction of sp³-hybridized carbons (Fsp3) is 0.240. The summed E-state index contributed by atoms with van der Waals surface area (Å²) in [5, 5.41) is 9.69. The summed E-state index contributed by atoms with van der Waals surface area (Å²) in [5.41, 5.74) is 0.979. The molecule has 198 valence electrons. The first kappa shape index (κ1) is 26.3. The van der Waals surface area contributed by atoms with Crippen molar-refractivity contribution in [3.05, 3.63) is 90.8 Å². The molecule has 1 aliphatic rings. The number of nitrogens with one attached hydrogen (secondary N) is 2. The highest BCUT2D eigenvalue weighted by Crippen LogP contribution is 2.46. The van der Waals surface area contributed by atoms with E-state index < -0.39 is 29.7 Å². The molecule has 2 aromatic carbocycles. The lowest BCUT2D eigenvalue weighted by molar-refractivity contribution is -0.173. The number of carbonyl (C=O) groups is 1. The van der Waals surface area contributed by atoms with Gasteiger partial charge >= 0.3 is 6.18 Å². The van der Waals surface area contributed by atoms with Gasteiger partial charge in [-0.2, -0.15) is 18.3 Å². The number of fused-ring (bicyclic) bond motifs is 1. The summed E-state index contributed by atoms with van der Waals surface area (Å²) >= 11 is 6.61. The maximum absolute atomic E-state index is 14.1. The van der Waals surface area contributed by atoms with E-state index in [1.165, 1.54) is 4.68 Å². The minimum absolute atomic E-state index is 0.00675. The number of nitrogens with zero attached hydrogens (tertiary/aromatic N) is 4. The predicted molar refractivity (Wildman–Crippen MR) is 144 cm³/mol. The van der Waals surface area contributed by atoms with Gasteiger partial charge in [-0.25, -0.2) is 9.36 Å². The van der Waals surface area contributed by atoms with Gasteiger partial charge in [-0.3, -0.25) is 14.3 Å². The molecule has 2 atom stereocenters. The minimum Gasteiger partial charge on any atom is -0.362 e. The highest BCUT2D eigenvalue weighted by atomic mass is 79.9. The van der Waals surface area contributed by atoms with Crippen LogP contribution in [-0.2, 0) is 7.05 Å². The van der Waals surface area contributed by atoms with Gasteiger partial charge in [0.15, 0.2) is 11.7 Å².